The Kier molecular flexibility index (Phi) is 5.88. The van der Waals surface area contributed by atoms with Crippen LogP contribution in [0, 0.1) is 22.7 Å². The lowest BCUT2D eigenvalue weighted by Gasteiger charge is -2.43. The van der Waals surface area contributed by atoms with Gasteiger partial charge in [-0.3, -0.25) is 0 Å². The molecule has 2 saturated carbocycles. The average Bonchev–Trinajstić information content (AvgIpc) is 3.15. The molecule has 1 aromatic carbocycles. The van der Waals surface area contributed by atoms with E-state index in [-0.39, 0.29) is 11.5 Å². The molecular weight excluding hydrogens is 346 g/mol. The molecule has 1 aromatic rings. The SMILES string of the molecule is CC1(C)[C@H]2CC[C@](C)(C2)[C@@H]1OC[C@H](O)CN1CCC(Cc2ccccc2)CC1. The summed E-state index contributed by atoms with van der Waals surface area (Å²) in [6.45, 7) is 10.6. The second-order valence-corrected chi connectivity index (χ2v) is 10.7. The Bertz CT molecular complexity index is 632. The molecule has 3 fully saturated rings. The Hall–Kier alpha value is -0.900. The van der Waals surface area contributed by atoms with Gasteiger partial charge in [0.05, 0.1) is 18.8 Å². The minimum Gasteiger partial charge on any atom is -0.389 e. The quantitative estimate of drug-likeness (QED) is 0.748. The van der Waals surface area contributed by atoms with Crippen molar-refractivity contribution in [3.05, 3.63) is 35.9 Å². The topological polar surface area (TPSA) is 32.7 Å². The number of rotatable bonds is 7. The van der Waals surface area contributed by atoms with Crippen LogP contribution in [-0.4, -0.2) is 48.5 Å². The maximum absolute atomic E-state index is 10.6. The van der Waals surface area contributed by atoms with Gasteiger partial charge in [-0.2, -0.15) is 0 Å². The van der Waals surface area contributed by atoms with Gasteiger partial charge in [0, 0.05) is 6.54 Å². The molecule has 0 spiro atoms. The van der Waals surface area contributed by atoms with E-state index in [0.717, 1.165) is 31.5 Å². The first-order chi connectivity index (χ1) is 13.4. The predicted octanol–water partition coefficient (Wildman–Crippen LogP) is 4.53. The molecule has 4 atom stereocenters. The predicted molar refractivity (Wildman–Crippen MR) is 114 cm³/mol. The van der Waals surface area contributed by atoms with Crippen molar-refractivity contribution in [2.75, 3.05) is 26.2 Å². The Balaban J connectivity index is 1.20. The molecular formula is C25H39NO2. The van der Waals surface area contributed by atoms with Gasteiger partial charge in [-0.25, -0.2) is 0 Å². The van der Waals surface area contributed by atoms with E-state index in [4.69, 9.17) is 4.74 Å². The number of benzene rings is 1. The van der Waals surface area contributed by atoms with Crippen molar-refractivity contribution < 1.29 is 9.84 Å². The molecule has 2 aliphatic carbocycles. The highest BCUT2D eigenvalue weighted by Crippen LogP contribution is 2.63. The second-order valence-electron chi connectivity index (χ2n) is 10.7. The summed E-state index contributed by atoms with van der Waals surface area (Å²) in [7, 11) is 0. The molecule has 1 N–H and O–H groups in total. The smallest absolute Gasteiger partial charge is 0.0900 e. The Morgan fingerprint density at radius 1 is 1.11 bits per heavy atom. The van der Waals surface area contributed by atoms with Crippen LogP contribution >= 0.6 is 0 Å². The van der Waals surface area contributed by atoms with E-state index < -0.39 is 0 Å². The van der Waals surface area contributed by atoms with E-state index in [1.807, 2.05) is 0 Å². The molecule has 3 aliphatic rings. The molecule has 1 aliphatic heterocycles. The summed E-state index contributed by atoms with van der Waals surface area (Å²) in [6.07, 6.45) is 7.53. The van der Waals surface area contributed by atoms with Gasteiger partial charge in [0.1, 0.15) is 0 Å². The van der Waals surface area contributed by atoms with Crippen LogP contribution in [0.4, 0.5) is 0 Å². The molecule has 0 radical (unpaired) electrons. The van der Waals surface area contributed by atoms with E-state index in [0.29, 0.717) is 18.1 Å². The van der Waals surface area contributed by atoms with Gasteiger partial charge in [0.15, 0.2) is 0 Å². The van der Waals surface area contributed by atoms with E-state index in [1.54, 1.807) is 0 Å². The van der Waals surface area contributed by atoms with Gasteiger partial charge in [0.2, 0.25) is 0 Å². The first kappa shape index (κ1) is 20.4. The second kappa shape index (κ2) is 8.08. The summed E-state index contributed by atoms with van der Waals surface area (Å²) in [5.41, 5.74) is 2.03. The number of β-amino-alcohol motifs (C(OH)–C–C–N with tert-alkyl or cyclic N) is 1. The molecule has 0 unspecified atom stereocenters. The van der Waals surface area contributed by atoms with Gasteiger partial charge in [-0.15, -0.1) is 0 Å². The third kappa shape index (κ3) is 4.17. The van der Waals surface area contributed by atoms with Gasteiger partial charge in [-0.1, -0.05) is 51.1 Å². The molecule has 3 nitrogen and oxygen atoms in total. The molecule has 4 rings (SSSR count). The number of fused-ring (bicyclic) bond motifs is 2. The van der Waals surface area contributed by atoms with Crippen LogP contribution in [-0.2, 0) is 11.2 Å². The van der Waals surface area contributed by atoms with E-state index in [2.05, 4.69) is 56.0 Å². The lowest BCUT2D eigenvalue weighted by molar-refractivity contribution is -0.114. The summed E-state index contributed by atoms with van der Waals surface area (Å²) < 4.78 is 6.38. The fourth-order valence-electron chi connectivity index (χ4n) is 6.55. The van der Waals surface area contributed by atoms with Crippen LogP contribution in [0.1, 0.15) is 58.4 Å². The molecule has 1 heterocycles. The molecule has 2 bridgehead atoms. The van der Waals surface area contributed by atoms with E-state index >= 15 is 0 Å². The number of piperidine rings is 1. The summed E-state index contributed by atoms with van der Waals surface area (Å²) >= 11 is 0. The summed E-state index contributed by atoms with van der Waals surface area (Å²) in [5.74, 6) is 1.57. The van der Waals surface area contributed by atoms with E-state index in [1.165, 1.54) is 44.1 Å². The van der Waals surface area contributed by atoms with Crippen LogP contribution in [0.2, 0.25) is 0 Å². The number of aliphatic hydroxyl groups is 1. The summed E-state index contributed by atoms with van der Waals surface area (Å²) in [6, 6.07) is 10.8. The van der Waals surface area contributed by atoms with Crippen LogP contribution in [0.3, 0.4) is 0 Å². The van der Waals surface area contributed by atoms with Crippen molar-refractivity contribution in [2.45, 2.75) is 71.5 Å². The molecule has 0 amide bonds. The lowest BCUT2D eigenvalue weighted by atomic mass is 9.70. The van der Waals surface area contributed by atoms with E-state index in [9.17, 15) is 5.11 Å². The number of ether oxygens (including phenoxy) is 1. The standard InChI is InChI=1S/C25H39NO2/c1-24(2)21-9-12-25(3,16-21)23(24)28-18-22(27)17-26-13-10-20(11-14-26)15-19-7-5-4-6-8-19/h4-8,20-23,27H,9-18H2,1-3H3/t21-,22+,23+,25+/m0/s1. The summed E-state index contributed by atoms with van der Waals surface area (Å²) in [5, 5.41) is 10.6. The molecule has 3 heteroatoms. The van der Waals surface area contributed by atoms with Crippen LogP contribution in [0.25, 0.3) is 0 Å². The lowest BCUT2D eigenvalue weighted by Crippen LogP contribution is -2.45. The normalized spacial score (nSPS) is 34.0. The highest BCUT2D eigenvalue weighted by molar-refractivity contribution is 5.15. The monoisotopic (exact) mass is 385 g/mol. The zero-order valence-electron chi connectivity index (χ0n) is 18.1. The zero-order chi connectivity index (χ0) is 19.8. The number of hydrogen-bond donors (Lipinski definition) is 1. The summed E-state index contributed by atoms with van der Waals surface area (Å²) in [4.78, 5) is 2.43. The zero-order valence-corrected chi connectivity index (χ0v) is 18.1. The largest absolute Gasteiger partial charge is 0.389 e. The minimum absolute atomic E-state index is 0.252. The van der Waals surface area contributed by atoms with Crippen molar-refractivity contribution in [1.82, 2.24) is 4.90 Å². The van der Waals surface area contributed by atoms with Gasteiger partial charge < -0.3 is 14.7 Å². The Morgan fingerprint density at radius 2 is 1.82 bits per heavy atom. The van der Waals surface area contributed by atoms with Crippen molar-refractivity contribution in [3.63, 3.8) is 0 Å². The molecule has 28 heavy (non-hydrogen) atoms. The maximum Gasteiger partial charge on any atom is 0.0900 e. The average molecular weight is 386 g/mol. The number of nitrogens with zero attached hydrogens (tertiary/aromatic N) is 1. The highest BCUT2D eigenvalue weighted by Gasteiger charge is 2.60. The molecule has 0 aromatic heterocycles. The Morgan fingerprint density at radius 3 is 2.46 bits per heavy atom. The first-order valence-electron chi connectivity index (χ1n) is 11.4. The third-order valence-electron chi connectivity index (χ3n) is 8.14. The van der Waals surface area contributed by atoms with Gasteiger partial charge >= 0.3 is 0 Å². The van der Waals surface area contributed by atoms with Crippen molar-refractivity contribution >= 4 is 0 Å². The number of aliphatic hydroxyl groups excluding tert-OH is 1. The molecule has 1 saturated heterocycles. The fourth-order valence-corrected chi connectivity index (χ4v) is 6.55. The van der Waals surface area contributed by atoms with Gasteiger partial charge in [-0.05, 0) is 79.8 Å². The van der Waals surface area contributed by atoms with Crippen molar-refractivity contribution in [1.29, 1.82) is 0 Å². The molecule has 156 valence electrons. The van der Waals surface area contributed by atoms with Crippen LogP contribution < -0.4 is 0 Å². The van der Waals surface area contributed by atoms with Crippen LogP contribution in [0.5, 0.6) is 0 Å². The fraction of sp³-hybridized carbons (Fsp3) is 0.760. The number of likely N-dealkylation sites (tertiary alicyclic amines) is 1. The minimum atomic E-state index is -0.371. The first-order valence-corrected chi connectivity index (χ1v) is 11.4. The number of hydrogen-bond acceptors (Lipinski definition) is 3. The van der Waals surface area contributed by atoms with Crippen molar-refractivity contribution in [2.24, 2.45) is 22.7 Å². The maximum atomic E-state index is 10.6. The van der Waals surface area contributed by atoms with Crippen LogP contribution in [0.15, 0.2) is 30.3 Å². The van der Waals surface area contributed by atoms with Gasteiger partial charge in [0.25, 0.3) is 0 Å². The highest BCUT2D eigenvalue weighted by atomic mass is 16.5. The Labute approximate surface area is 171 Å². The third-order valence-corrected chi connectivity index (χ3v) is 8.14. The van der Waals surface area contributed by atoms with Crippen molar-refractivity contribution in [3.8, 4) is 0 Å².